The summed E-state index contributed by atoms with van der Waals surface area (Å²) in [4.78, 5) is 13.8. The van der Waals surface area contributed by atoms with E-state index in [-0.39, 0.29) is 23.4 Å². The van der Waals surface area contributed by atoms with Gasteiger partial charge in [-0.3, -0.25) is 10.1 Å². The number of nitrogens with one attached hydrogen (secondary N) is 1. The lowest BCUT2D eigenvalue weighted by molar-refractivity contribution is -0.385. The number of pyridine rings is 1. The zero-order chi connectivity index (χ0) is 13.8. The first-order valence-corrected chi connectivity index (χ1v) is 5.30. The number of aliphatic hydroxyl groups excluding tert-OH is 1. The van der Waals surface area contributed by atoms with Gasteiger partial charge in [0.05, 0.1) is 4.92 Å². The molecular weight excluding hydrogens is 236 g/mol. The Balaban J connectivity index is 2.88. The number of nitriles is 1. The van der Waals surface area contributed by atoms with E-state index in [0.29, 0.717) is 12.4 Å². The van der Waals surface area contributed by atoms with Crippen LogP contribution >= 0.6 is 0 Å². The van der Waals surface area contributed by atoms with E-state index >= 15 is 0 Å². The minimum atomic E-state index is -0.646. The number of aromatic nitrogens is 1. The number of hydrogen-bond donors (Lipinski definition) is 2. The molecule has 0 spiro atoms. The number of aliphatic hydroxyl groups is 1. The van der Waals surface area contributed by atoms with Gasteiger partial charge in [-0.05, 0) is 6.07 Å². The molecule has 1 rings (SSSR count). The van der Waals surface area contributed by atoms with Crippen molar-refractivity contribution >= 4 is 11.5 Å². The molecule has 18 heavy (non-hydrogen) atoms. The second-order valence-electron chi connectivity index (χ2n) is 4.61. The molecule has 1 aromatic heterocycles. The molecule has 0 saturated carbocycles. The Morgan fingerprint density at radius 2 is 2.28 bits per heavy atom. The lowest BCUT2D eigenvalue weighted by Crippen LogP contribution is -2.27. The lowest BCUT2D eigenvalue weighted by atomic mass is 9.95. The van der Waals surface area contributed by atoms with Gasteiger partial charge in [0.25, 0.3) is 0 Å². The van der Waals surface area contributed by atoms with Gasteiger partial charge in [0.15, 0.2) is 0 Å². The predicted molar refractivity (Wildman–Crippen MR) is 65.0 cm³/mol. The van der Waals surface area contributed by atoms with Crippen LogP contribution in [0.1, 0.15) is 19.5 Å². The molecule has 0 aliphatic rings. The zero-order valence-corrected chi connectivity index (χ0v) is 10.2. The molecule has 0 aliphatic heterocycles. The molecule has 0 amide bonds. The Hall–Kier alpha value is -2.20. The van der Waals surface area contributed by atoms with Crippen molar-refractivity contribution in [3.05, 3.63) is 27.9 Å². The van der Waals surface area contributed by atoms with E-state index in [0.717, 1.165) is 0 Å². The Bertz CT molecular complexity index is 494. The van der Waals surface area contributed by atoms with Crippen LogP contribution in [-0.2, 0) is 0 Å². The maximum Gasteiger partial charge on any atom is 0.305 e. The van der Waals surface area contributed by atoms with E-state index in [4.69, 9.17) is 10.4 Å². The maximum atomic E-state index is 10.6. The summed E-state index contributed by atoms with van der Waals surface area (Å²) in [6.45, 7) is 4.16. The van der Waals surface area contributed by atoms with Gasteiger partial charge in [-0.25, -0.2) is 4.98 Å². The van der Waals surface area contributed by atoms with Crippen LogP contribution in [0.25, 0.3) is 0 Å². The fourth-order valence-corrected chi connectivity index (χ4v) is 1.17. The molecule has 1 heterocycles. The first-order chi connectivity index (χ1) is 8.39. The summed E-state index contributed by atoms with van der Waals surface area (Å²) in [6, 6.07) is 4.36. The highest BCUT2D eigenvalue weighted by Crippen LogP contribution is 2.20. The summed E-state index contributed by atoms with van der Waals surface area (Å²) in [5, 5.41) is 31.4. The number of rotatable bonds is 5. The van der Waals surface area contributed by atoms with Gasteiger partial charge in [-0.15, -0.1) is 0 Å². The Kier molecular flexibility index (Phi) is 4.18. The molecule has 7 nitrogen and oxygen atoms in total. The van der Waals surface area contributed by atoms with Crippen LogP contribution in [0.2, 0.25) is 0 Å². The van der Waals surface area contributed by atoms with Gasteiger partial charge < -0.3 is 10.4 Å². The van der Waals surface area contributed by atoms with Gasteiger partial charge in [0.1, 0.15) is 11.9 Å². The second kappa shape index (κ2) is 5.42. The summed E-state index contributed by atoms with van der Waals surface area (Å²) in [7, 11) is 0. The van der Waals surface area contributed by atoms with Crippen molar-refractivity contribution < 1.29 is 10.0 Å². The third-order valence-electron chi connectivity index (χ3n) is 2.35. The van der Waals surface area contributed by atoms with Crippen molar-refractivity contribution in [2.75, 3.05) is 18.5 Å². The fraction of sp³-hybridized carbons (Fsp3) is 0.455. The smallest absolute Gasteiger partial charge is 0.305 e. The number of anilines is 1. The van der Waals surface area contributed by atoms with Crippen LogP contribution in [0.15, 0.2) is 12.1 Å². The van der Waals surface area contributed by atoms with Gasteiger partial charge in [0, 0.05) is 24.6 Å². The van der Waals surface area contributed by atoms with E-state index in [1.165, 1.54) is 12.1 Å². The Morgan fingerprint density at radius 3 is 2.78 bits per heavy atom. The summed E-state index contributed by atoms with van der Waals surface area (Å²) in [5.74, 6) is 0.374. The average Bonchev–Trinajstić information content (AvgIpc) is 2.36. The highest BCUT2D eigenvalue weighted by atomic mass is 16.6. The summed E-state index contributed by atoms with van der Waals surface area (Å²) in [5.41, 5.74) is -0.882. The third kappa shape index (κ3) is 3.40. The van der Waals surface area contributed by atoms with E-state index in [9.17, 15) is 10.1 Å². The average molecular weight is 250 g/mol. The van der Waals surface area contributed by atoms with Gasteiger partial charge in [-0.1, -0.05) is 13.8 Å². The lowest BCUT2D eigenvalue weighted by Gasteiger charge is -2.22. The Labute approximate surface area is 104 Å². The van der Waals surface area contributed by atoms with Crippen LogP contribution < -0.4 is 5.32 Å². The molecule has 0 aliphatic carbocycles. The number of hydrogen-bond acceptors (Lipinski definition) is 6. The van der Waals surface area contributed by atoms with Crippen molar-refractivity contribution in [3.63, 3.8) is 0 Å². The zero-order valence-electron chi connectivity index (χ0n) is 10.2. The monoisotopic (exact) mass is 250 g/mol. The molecule has 7 heteroatoms. The molecule has 0 fully saturated rings. The molecule has 0 atom stereocenters. The van der Waals surface area contributed by atoms with Crippen LogP contribution in [0.4, 0.5) is 11.5 Å². The van der Waals surface area contributed by atoms with Gasteiger partial charge in [0.2, 0.25) is 5.69 Å². The highest BCUT2D eigenvalue weighted by molar-refractivity contribution is 5.50. The largest absolute Gasteiger partial charge is 0.396 e. The highest BCUT2D eigenvalue weighted by Gasteiger charge is 2.18. The van der Waals surface area contributed by atoms with E-state index in [1.54, 1.807) is 6.07 Å². The van der Waals surface area contributed by atoms with Gasteiger partial charge >= 0.3 is 5.69 Å². The molecule has 0 bridgehead atoms. The molecule has 96 valence electrons. The number of nitrogens with zero attached hydrogens (tertiary/aromatic N) is 3. The van der Waals surface area contributed by atoms with Crippen molar-refractivity contribution in [1.29, 1.82) is 5.26 Å². The minimum absolute atomic E-state index is 0.00190. The summed E-state index contributed by atoms with van der Waals surface area (Å²) >= 11 is 0. The van der Waals surface area contributed by atoms with E-state index < -0.39 is 4.92 Å². The van der Waals surface area contributed by atoms with Gasteiger partial charge in [-0.2, -0.15) is 5.26 Å². The fourth-order valence-electron chi connectivity index (χ4n) is 1.17. The van der Waals surface area contributed by atoms with E-state index in [2.05, 4.69) is 10.3 Å². The summed E-state index contributed by atoms with van der Waals surface area (Å²) < 4.78 is 0. The van der Waals surface area contributed by atoms with Crippen molar-refractivity contribution in [3.8, 4) is 6.07 Å². The van der Waals surface area contributed by atoms with Crippen molar-refractivity contribution in [2.24, 2.45) is 5.41 Å². The maximum absolute atomic E-state index is 10.6. The van der Waals surface area contributed by atoms with Crippen LogP contribution in [0, 0.1) is 26.9 Å². The SMILES string of the molecule is CC(C)(CO)CNc1ccc([N+](=O)[O-])c(C#N)n1. The van der Waals surface area contributed by atoms with E-state index in [1.807, 2.05) is 13.8 Å². The van der Waals surface area contributed by atoms with Crippen molar-refractivity contribution in [2.45, 2.75) is 13.8 Å². The second-order valence-corrected chi connectivity index (χ2v) is 4.61. The third-order valence-corrected chi connectivity index (χ3v) is 2.35. The molecule has 0 unspecified atom stereocenters. The van der Waals surface area contributed by atoms with Crippen LogP contribution in [0.5, 0.6) is 0 Å². The van der Waals surface area contributed by atoms with Crippen LogP contribution in [-0.4, -0.2) is 28.2 Å². The predicted octanol–water partition coefficient (Wildman–Crippen LogP) is 1.29. The first-order valence-electron chi connectivity index (χ1n) is 5.30. The van der Waals surface area contributed by atoms with Crippen LogP contribution in [0.3, 0.4) is 0 Å². The first kappa shape index (κ1) is 13.9. The van der Waals surface area contributed by atoms with Crippen molar-refractivity contribution in [1.82, 2.24) is 4.98 Å². The summed E-state index contributed by atoms with van der Waals surface area (Å²) in [6.07, 6.45) is 0. The molecule has 0 aromatic carbocycles. The minimum Gasteiger partial charge on any atom is -0.396 e. The number of nitro groups is 1. The molecule has 0 saturated heterocycles. The Morgan fingerprint density at radius 1 is 1.61 bits per heavy atom. The topological polar surface area (TPSA) is 112 Å². The molecular formula is C11H14N4O3. The standard InChI is InChI=1S/C11H14N4O3/c1-11(2,7-16)6-13-10-4-3-9(15(17)18)8(5-12)14-10/h3-4,16H,6-7H2,1-2H3,(H,13,14). The normalized spacial score (nSPS) is 10.8. The molecule has 1 aromatic rings. The molecule has 0 radical (unpaired) electrons. The molecule has 2 N–H and O–H groups in total. The quantitative estimate of drug-likeness (QED) is 0.601.